The summed E-state index contributed by atoms with van der Waals surface area (Å²) in [4.78, 5) is 24.7. The van der Waals surface area contributed by atoms with Crippen molar-refractivity contribution in [1.82, 2.24) is 10.6 Å². The number of benzene rings is 1. The fourth-order valence-corrected chi connectivity index (χ4v) is 5.82. The molecular formula is C21H25F3N2O2. The third kappa shape index (κ3) is 4.03. The molecule has 4 saturated carbocycles. The topological polar surface area (TPSA) is 58.2 Å². The quantitative estimate of drug-likeness (QED) is 0.798. The van der Waals surface area contributed by atoms with Crippen molar-refractivity contribution in [2.45, 2.75) is 51.2 Å². The maximum absolute atomic E-state index is 12.9. The second kappa shape index (κ2) is 7.08. The Hall–Kier alpha value is -2.05. The monoisotopic (exact) mass is 394 g/mol. The molecule has 0 aromatic heterocycles. The zero-order valence-electron chi connectivity index (χ0n) is 15.6. The molecule has 4 fully saturated rings. The molecule has 0 unspecified atom stereocenters. The molecule has 0 atom stereocenters. The lowest BCUT2D eigenvalue weighted by atomic mass is 9.49. The van der Waals surface area contributed by atoms with Crippen LogP contribution in [0.5, 0.6) is 0 Å². The highest BCUT2D eigenvalue weighted by atomic mass is 19.4. The Kier molecular flexibility index (Phi) is 4.88. The molecule has 4 aliphatic carbocycles. The SMILES string of the molecule is O=C(NCC(F)(F)F)c1ccc(CNC(=O)C23CC4CC(CC(C4)C2)C3)cc1. The molecule has 4 nitrogen and oxygen atoms in total. The minimum atomic E-state index is -4.43. The van der Waals surface area contributed by atoms with Crippen LogP contribution in [0.4, 0.5) is 13.2 Å². The van der Waals surface area contributed by atoms with E-state index in [-0.39, 0.29) is 16.9 Å². The zero-order chi connectivity index (χ0) is 19.9. The summed E-state index contributed by atoms with van der Waals surface area (Å²) >= 11 is 0. The first-order valence-electron chi connectivity index (χ1n) is 9.95. The van der Waals surface area contributed by atoms with Gasteiger partial charge in [-0.25, -0.2) is 0 Å². The van der Waals surface area contributed by atoms with Crippen molar-refractivity contribution in [3.63, 3.8) is 0 Å². The number of halogens is 3. The molecule has 4 aliphatic rings. The summed E-state index contributed by atoms with van der Waals surface area (Å²) in [6.07, 6.45) is 2.42. The Morgan fingerprint density at radius 1 is 0.929 bits per heavy atom. The van der Waals surface area contributed by atoms with Crippen LogP contribution in [-0.4, -0.2) is 24.5 Å². The summed E-state index contributed by atoms with van der Waals surface area (Å²) in [5, 5.41) is 4.91. The van der Waals surface area contributed by atoms with E-state index in [0.29, 0.717) is 24.3 Å². The first-order chi connectivity index (χ1) is 13.2. The van der Waals surface area contributed by atoms with Gasteiger partial charge < -0.3 is 10.6 Å². The summed E-state index contributed by atoms with van der Waals surface area (Å²) in [6.45, 7) is -0.986. The number of hydrogen-bond donors (Lipinski definition) is 2. The second-order valence-electron chi connectivity index (χ2n) is 8.88. The third-order valence-electron chi connectivity index (χ3n) is 6.64. The molecule has 28 heavy (non-hydrogen) atoms. The van der Waals surface area contributed by atoms with Crippen molar-refractivity contribution in [3.05, 3.63) is 35.4 Å². The standard InChI is InChI=1S/C21H25F3N2O2/c22-21(23,24)12-26-18(27)17-3-1-13(2-4-17)11-25-19(28)20-8-14-5-15(9-20)7-16(6-14)10-20/h1-4,14-16H,5-12H2,(H,25,28)(H,26,27). The summed E-state index contributed by atoms with van der Waals surface area (Å²) in [5.74, 6) is 1.48. The van der Waals surface area contributed by atoms with Gasteiger partial charge in [-0.2, -0.15) is 13.2 Å². The largest absolute Gasteiger partial charge is 0.405 e. The van der Waals surface area contributed by atoms with Gasteiger partial charge in [0, 0.05) is 17.5 Å². The van der Waals surface area contributed by atoms with Gasteiger partial charge >= 0.3 is 6.18 Å². The van der Waals surface area contributed by atoms with Gasteiger partial charge in [0.2, 0.25) is 5.91 Å². The molecule has 5 rings (SSSR count). The van der Waals surface area contributed by atoms with Gasteiger partial charge in [0.1, 0.15) is 6.54 Å². The Morgan fingerprint density at radius 3 is 1.96 bits per heavy atom. The number of alkyl halides is 3. The first kappa shape index (κ1) is 19.3. The van der Waals surface area contributed by atoms with E-state index in [2.05, 4.69) is 5.32 Å². The number of amides is 2. The lowest BCUT2D eigenvalue weighted by Gasteiger charge is -2.55. The maximum Gasteiger partial charge on any atom is 0.405 e. The molecule has 0 radical (unpaired) electrons. The van der Waals surface area contributed by atoms with Crippen molar-refractivity contribution in [1.29, 1.82) is 0 Å². The fourth-order valence-electron chi connectivity index (χ4n) is 5.82. The Labute approximate surface area is 162 Å². The molecule has 2 amide bonds. The van der Waals surface area contributed by atoms with Gasteiger partial charge in [-0.15, -0.1) is 0 Å². The Morgan fingerprint density at radius 2 is 1.46 bits per heavy atom. The lowest BCUT2D eigenvalue weighted by Crippen LogP contribution is -2.53. The molecule has 4 bridgehead atoms. The van der Waals surface area contributed by atoms with E-state index in [1.165, 1.54) is 31.4 Å². The van der Waals surface area contributed by atoms with Crippen LogP contribution in [-0.2, 0) is 11.3 Å². The molecule has 0 spiro atoms. The van der Waals surface area contributed by atoms with Crippen LogP contribution in [0.25, 0.3) is 0 Å². The molecule has 0 saturated heterocycles. The Balaban J connectivity index is 1.32. The fraction of sp³-hybridized carbons (Fsp3) is 0.619. The maximum atomic E-state index is 12.9. The van der Waals surface area contributed by atoms with Crippen LogP contribution < -0.4 is 10.6 Å². The summed E-state index contributed by atoms with van der Waals surface area (Å²) in [6, 6.07) is 6.31. The van der Waals surface area contributed by atoms with Crippen molar-refractivity contribution in [2.24, 2.45) is 23.2 Å². The third-order valence-corrected chi connectivity index (χ3v) is 6.64. The van der Waals surface area contributed by atoms with Crippen LogP contribution in [0.3, 0.4) is 0 Å². The van der Waals surface area contributed by atoms with Crippen molar-refractivity contribution in [3.8, 4) is 0 Å². The van der Waals surface area contributed by atoms with E-state index in [9.17, 15) is 22.8 Å². The smallest absolute Gasteiger partial charge is 0.352 e. The lowest BCUT2D eigenvalue weighted by molar-refractivity contribution is -0.146. The van der Waals surface area contributed by atoms with Crippen LogP contribution in [0.2, 0.25) is 0 Å². The van der Waals surface area contributed by atoms with E-state index in [0.717, 1.165) is 24.8 Å². The van der Waals surface area contributed by atoms with Gasteiger partial charge in [0.25, 0.3) is 5.91 Å². The predicted octanol–water partition coefficient (Wildman–Crippen LogP) is 3.81. The molecule has 1 aromatic rings. The second-order valence-corrected chi connectivity index (χ2v) is 8.88. The van der Waals surface area contributed by atoms with Gasteiger partial charge in [-0.05, 0) is 74.0 Å². The molecule has 0 heterocycles. The van der Waals surface area contributed by atoms with E-state index < -0.39 is 18.6 Å². The number of nitrogens with one attached hydrogen (secondary N) is 2. The number of hydrogen-bond acceptors (Lipinski definition) is 2. The van der Waals surface area contributed by atoms with Crippen molar-refractivity contribution in [2.75, 3.05) is 6.54 Å². The van der Waals surface area contributed by atoms with Crippen LogP contribution in [0, 0.1) is 23.2 Å². The highest BCUT2D eigenvalue weighted by Crippen LogP contribution is 2.60. The van der Waals surface area contributed by atoms with E-state index >= 15 is 0 Å². The molecule has 2 N–H and O–H groups in total. The van der Waals surface area contributed by atoms with E-state index in [4.69, 9.17) is 0 Å². The summed E-state index contributed by atoms with van der Waals surface area (Å²) in [5.41, 5.74) is 0.789. The molecule has 152 valence electrons. The Bertz CT molecular complexity index is 723. The van der Waals surface area contributed by atoms with Crippen LogP contribution in [0.15, 0.2) is 24.3 Å². The minimum absolute atomic E-state index is 0.138. The van der Waals surface area contributed by atoms with Crippen molar-refractivity contribution < 1.29 is 22.8 Å². The first-order valence-corrected chi connectivity index (χ1v) is 9.95. The number of carbonyl (C=O) groups excluding carboxylic acids is 2. The van der Waals surface area contributed by atoms with Gasteiger partial charge in [0.05, 0.1) is 0 Å². The minimum Gasteiger partial charge on any atom is -0.352 e. The molecule has 7 heteroatoms. The van der Waals surface area contributed by atoms with E-state index in [1.54, 1.807) is 12.1 Å². The number of rotatable bonds is 5. The highest BCUT2D eigenvalue weighted by molar-refractivity contribution is 5.94. The number of carbonyl (C=O) groups is 2. The van der Waals surface area contributed by atoms with Crippen LogP contribution in [0.1, 0.15) is 54.4 Å². The summed E-state index contributed by atoms with van der Waals surface area (Å²) < 4.78 is 36.6. The average molecular weight is 394 g/mol. The van der Waals surface area contributed by atoms with Crippen molar-refractivity contribution >= 4 is 11.8 Å². The van der Waals surface area contributed by atoms with Crippen LogP contribution >= 0.6 is 0 Å². The molecular weight excluding hydrogens is 369 g/mol. The summed E-state index contributed by atoms with van der Waals surface area (Å²) in [7, 11) is 0. The van der Waals surface area contributed by atoms with Gasteiger partial charge in [-0.3, -0.25) is 9.59 Å². The highest BCUT2D eigenvalue weighted by Gasteiger charge is 2.54. The molecule has 0 aliphatic heterocycles. The molecule has 1 aromatic carbocycles. The average Bonchev–Trinajstić information content (AvgIpc) is 2.63. The predicted molar refractivity (Wildman–Crippen MR) is 97.3 cm³/mol. The van der Waals surface area contributed by atoms with Gasteiger partial charge in [-0.1, -0.05) is 12.1 Å². The van der Waals surface area contributed by atoms with E-state index in [1.807, 2.05) is 5.32 Å². The zero-order valence-corrected chi connectivity index (χ0v) is 15.6. The normalized spacial score (nSPS) is 30.9. The van der Waals surface area contributed by atoms with Gasteiger partial charge in [0.15, 0.2) is 0 Å².